The topological polar surface area (TPSA) is 56.2 Å². The summed E-state index contributed by atoms with van der Waals surface area (Å²) in [5, 5.41) is 7.51. The van der Waals surface area contributed by atoms with E-state index in [1.54, 1.807) is 10.7 Å². The van der Waals surface area contributed by atoms with Gasteiger partial charge in [0.25, 0.3) is 5.91 Å². The summed E-state index contributed by atoms with van der Waals surface area (Å²) in [7, 11) is 0. The highest BCUT2D eigenvalue weighted by atomic mass is 16.5. The molecule has 1 fully saturated rings. The van der Waals surface area contributed by atoms with Crippen molar-refractivity contribution in [3.05, 3.63) is 11.8 Å². The Hall–Kier alpha value is -1.52. The molecule has 116 valence electrons. The van der Waals surface area contributed by atoms with Crippen molar-refractivity contribution >= 4 is 5.91 Å². The SMILES string of the molecule is CC1CC(NC(=O)c2cc3n(n2)CCCO3)CC(C)(C)C1. The standard InChI is InChI=1S/C16H25N3O2/c1-11-7-12(10-16(2,3)9-11)17-15(20)13-8-14-19(18-13)5-4-6-21-14/h8,11-12H,4-7,9-10H2,1-3H3,(H,17,20). The molecule has 2 atom stereocenters. The second-order valence-electron chi connectivity index (χ2n) is 7.38. The lowest BCUT2D eigenvalue weighted by atomic mass is 9.70. The molecule has 1 N–H and O–H groups in total. The van der Waals surface area contributed by atoms with Crippen LogP contribution in [0.4, 0.5) is 0 Å². The molecule has 5 heteroatoms. The Morgan fingerprint density at radius 2 is 2.29 bits per heavy atom. The van der Waals surface area contributed by atoms with Crippen LogP contribution in [-0.4, -0.2) is 28.3 Å². The zero-order chi connectivity index (χ0) is 15.0. The summed E-state index contributed by atoms with van der Waals surface area (Å²) in [4.78, 5) is 12.4. The molecule has 0 radical (unpaired) electrons. The quantitative estimate of drug-likeness (QED) is 0.911. The maximum Gasteiger partial charge on any atom is 0.272 e. The van der Waals surface area contributed by atoms with Gasteiger partial charge in [0.2, 0.25) is 5.88 Å². The smallest absolute Gasteiger partial charge is 0.272 e. The number of ether oxygens (including phenoxy) is 1. The first-order valence-corrected chi connectivity index (χ1v) is 7.94. The molecule has 1 aliphatic heterocycles. The Labute approximate surface area is 126 Å². The number of carbonyl (C=O) groups is 1. The number of aryl methyl sites for hydroxylation is 1. The number of nitrogens with one attached hydrogen (secondary N) is 1. The van der Waals surface area contributed by atoms with Gasteiger partial charge < -0.3 is 10.1 Å². The summed E-state index contributed by atoms with van der Waals surface area (Å²) in [6.45, 7) is 8.37. The van der Waals surface area contributed by atoms with Gasteiger partial charge in [-0.2, -0.15) is 5.10 Å². The van der Waals surface area contributed by atoms with Crippen molar-refractivity contribution in [2.75, 3.05) is 6.61 Å². The molecular weight excluding hydrogens is 266 g/mol. The summed E-state index contributed by atoms with van der Waals surface area (Å²) < 4.78 is 7.30. The summed E-state index contributed by atoms with van der Waals surface area (Å²) >= 11 is 0. The lowest BCUT2D eigenvalue weighted by Crippen LogP contribution is -2.43. The first kappa shape index (κ1) is 14.4. The van der Waals surface area contributed by atoms with Gasteiger partial charge in [0.1, 0.15) is 0 Å². The second-order valence-corrected chi connectivity index (χ2v) is 7.38. The van der Waals surface area contributed by atoms with Crippen molar-refractivity contribution in [1.82, 2.24) is 15.1 Å². The Morgan fingerprint density at radius 3 is 3.00 bits per heavy atom. The molecule has 0 aromatic carbocycles. The zero-order valence-electron chi connectivity index (χ0n) is 13.2. The first-order chi connectivity index (χ1) is 9.93. The van der Waals surface area contributed by atoms with Crippen LogP contribution in [0.5, 0.6) is 5.88 Å². The van der Waals surface area contributed by atoms with Crippen LogP contribution in [0.2, 0.25) is 0 Å². The molecule has 2 heterocycles. The van der Waals surface area contributed by atoms with Crippen LogP contribution in [0, 0.1) is 11.3 Å². The summed E-state index contributed by atoms with van der Waals surface area (Å²) in [6.07, 6.45) is 4.27. The van der Waals surface area contributed by atoms with E-state index < -0.39 is 0 Å². The summed E-state index contributed by atoms with van der Waals surface area (Å²) in [6, 6.07) is 2.00. The van der Waals surface area contributed by atoms with Gasteiger partial charge in [-0.3, -0.25) is 4.79 Å². The Kier molecular flexibility index (Phi) is 3.68. The van der Waals surface area contributed by atoms with E-state index in [-0.39, 0.29) is 11.9 Å². The highest BCUT2D eigenvalue weighted by Crippen LogP contribution is 2.38. The van der Waals surface area contributed by atoms with Crippen LogP contribution in [0.15, 0.2) is 6.07 Å². The molecule has 1 aromatic rings. The van der Waals surface area contributed by atoms with E-state index >= 15 is 0 Å². The largest absolute Gasteiger partial charge is 0.478 e. The van der Waals surface area contributed by atoms with Crippen LogP contribution in [-0.2, 0) is 6.54 Å². The maximum absolute atomic E-state index is 12.4. The van der Waals surface area contributed by atoms with E-state index in [0.717, 1.165) is 25.8 Å². The molecule has 5 nitrogen and oxygen atoms in total. The van der Waals surface area contributed by atoms with Crippen molar-refractivity contribution in [1.29, 1.82) is 0 Å². The van der Waals surface area contributed by atoms with Crippen molar-refractivity contribution in [3.8, 4) is 5.88 Å². The van der Waals surface area contributed by atoms with Crippen LogP contribution >= 0.6 is 0 Å². The van der Waals surface area contributed by atoms with Crippen molar-refractivity contribution in [2.45, 2.75) is 59.0 Å². The summed E-state index contributed by atoms with van der Waals surface area (Å²) in [5.74, 6) is 1.29. The Bertz CT molecular complexity index is 512. The molecule has 1 saturated carbocycles. The molecule has 21 heavy (non-hydrogen) atoms. The first-order valence-electron chi connectivity index (χ1n) is 7.94. The number of rotatable bonds is 2. The lowest BCUT2D eigenvalue weighted by Gasteiger charge is -2.39. The van der Waals surface area contributed by atoms with E-state index in [1.165, 1.54) is 6.42 Å². The highest BCUT2D eigenvalue weighted by Gasteiger charge is 2.33. The molecule has 3 rings (SSSR count). The fourth-order valence-electron chi connectivity index (χ4n) is 3.89. The molecular formula is C16H25N3O2. The molecule has 2 unspecified atom stereocenters. The van der Waals surface area contributed by atoms with Crippen LogP contribution < -0.4 is 10.1 Å². The van der Waals surface area contributed by atoms with Gasteiger partial charge in [-0.1, -0.05) is 20.8 Å². The third-order valence-corrected chi connectivity index (χ3v) is 4.46. The van der Waals surface area contributed by atoms with Gasteiger partial charge in [-0.05, 0) is 30.6 Å². The fourth-order valence-corrected chi connectivity index (χ4v) is 3.89. The van der Waals surface area contributed by atoms with Crippen molar-refractivity contribution in [3.63, 3.8) is 0 Å². The normalized spacial score (nSPS) is 27.6. The number of hydrogen-bond acceptors (Lipinski definition) is 3. The lowest BCUT2D eigenvalue weighted by molar-refractivity contribution is 0.0868. The van der Waals surface area contributed by atoms with E-state index in [1.807, 2.05) is 0 Å². The van der Waals surface area contributed by atoms with Crippen molar-refractivity contribution in [2.24, 2.45) is 11.3 Å². The monoisotopic (exact) mass is 291 g/mol. The molecule has 0 saturated heterocycles. The Balaban J connectivity index is 1.67. The van der Waals surface area contributed by atoms with Gasteiger partial charge in [0.05, 0.1) is 6.61 Å². The number of nitrogens with zero attached hydrogens (tertiary/aromatic N) is 2. The molecule has 1 aliphatic carbocycles. The number of aromatic nitrogens is 2. The molecule has 1 aromatic heterocycles. The molecule has 0 spiro atoms. The highest BCUT2D eigenvalue weighted by molar-refractivity contribution is 5.92. The molecule has 2 aliphatic rings. The Morgan fingerprint density at radius 1 is 1.48 bits per heavy atom. The van der Waals surface area contributed by atoms with Crippen LogP contribution in [0.3, 0.4) is 0 Å². The minimum atomic E-state index is -0.0737. The van der Waals surface area contributed by atoms with Crippen molar-refractivity contribution < 1.29 is 9.53 Å². The number of carbonyl (C=O) groups excluding carboxylic acids is 1. The van der Waals surface area contributed by atoms with Gasteiger partial charge in [0.15, 0.2) is 5.69 Å². The number of hydrogen-bond donors (Lipinski definition) is 1. The fraction of sp³-hybridized carbons (Fsp3) is 0.750. The van der Waals surface area contributed by atoms with E-state index in [2.05, 4.69) is 31.2 Å². The number of fused-ring (bicyclic) bond motifs is 1. The summed E-state index contributed by atoms with van der Waals surface area (Å²) in [5.41, 5.74) is 0.773. The minimum Gasteiger partial charge on any atom is -0.478 e. The van der Waals surface area contributed by atoms with Crippen LogP contribution in [0.25, 0.3) is 0 Å². The van der Waals surface area contributed by atoms with Gasteiger partial charge >= 0.3 is 0 Å². The van der Waals surface area contributed by atoms with E-state index in [4.69, 9.17) is 4.74 Å². The molecule has 0 bridgehead atoms. The van der Waals surface area contributed by atoms with Gasteiger partial charge in [-0.15, -0.1) is 0 Å². The number of amides is 1. The zero-order valence-corrected chi connectivity index (χ0v) is 13.2. The molecule has 1 amide bonds. The third kappa shape index (κ3) is 3.22. The third-order valence-electron chi connectivity index (χ3n) is 4.46. The van der Waals surface area contributed by atoms with Crippen LogP contribution in [0.1, 0.15) is 56.9 Å². The van der Waals surface area contributed by atoms with E-state index in [0.29, 0.717) is 29.5 Å². The maximum atomic E-state index is 12.4. The van der Waals surface area contributed by atoms with E-state index in [9.17, 15) is 4.79 Å². The minimum absolute atomic E-state index is 0.0737. The van der Waals surface area contributed by atoms with Gasteiger partial charge in [-0.25, -0.2) is 4.68 Å². The average Bonchev–Trinajstić information content (AvgIpc) is 2.79. The second kappa shape index (κ2) is 5.35. The predicted octanol–water partition coefficient (Wildman–Crippen LogP) is 2.61. The predicted molar refractivity (Wildman–Crippen MR) is 80.4 cm³/mol. The average molecular weight is 291 g/mol. The van der Waals surface area contributed by atoms with Gasteiger partial charge in [0, 0.05) is 25.1 Å².